The van der Waals surface area contributed by atoms with Gasteiger partial charge in [-0.15, -0.1) is 0 Å². The quantitative estimate of drug-likeness (QED) is 0.440. The third-order valence-electron chi connectivity index (χ3n) is 8.57. The molecule has 2 aromatic rings. The number of amides is 3. The minimum Gasteiger partial charge on any atom is -0.480 e. The summed E-state index contributed by atoms with van der Waals surface area (Å²) in [6.07, 6.45) is 0.908. The number of likely N-dealkylation sites (N-methyl/N-ethyl adjacent to an activating group) is 1. The predicted molar refractivity (Wildman–Crippen MR) is 155 cm³/mol. The van der Waals surface area contributed by atoms with E-state index in [4.69, 9.17) is 4.74 Å². The Morgan fingerprint density at radius 1 is 1.02 bits per heavy atom. The van der Waals surface area contributed by atoms with Gasteiger partial charge in [-0.1, -0.05) is 82.6 Å². The average Bonchev–Trinajstić information content (AvgIpc) is 3.57. The van der Waals surface area contributed by atoms with Gasteiger partial charge in [0.05, 0.1) is 0 Å². The Hall–Kier alpha value is -3.88. The summed E-state index contributed by atoms with van der Waals surface area (Å²) in [5.41, 5.74) is 4.43. The second-order valence-corrected chi connectivity index (χ2v) is 11.5. The van der Waals surface area contributed by atoms with Crippen molar-refractivity contribution in [2.24, 2.45) is 11.8 Å². The van der Waals surface area contributed by atoms with Gasteiger partial charge in [-0.25, -0.2) is 9.59 Å². The van der Waals surface area contributed by atoms with E-state index in [1.165, 1.54) is 9.80 Å². The number of benzene rings is 2. The molecule has 1 aliphatic heterocycles. The number of ether oxygens (including phenoxy) is 1. The van der Waals surface area contributed by atoms with Crippen molar-refractivity contribution in [3.63, 3.8) is 0 Å². The molecule has 1 aliphatic carbocycles. The number of nitrogens with one attached hydrogen (secondary N) is 1. The maximum absolute atomic E-state index is 13.8. The first kappa shape index (κ1) is 30.1. The molecule has 0 spiro atoms. The van der Waals surface area contributed by atoms with Gasteiger partial charge in [0.15, 0.2) is 0 Å². The van der Waals surface area contributed by atoms with Crippen LogP contribution in [0.25, 0.3) is 11.1 Å². The van der Waals surface area contributed by atoms with E-state index in [1.54, 1.807) is 7.05 Å². The molecule has 41 heavy (non-hydrogen) atoms. The molecule has 1 heterocycles. The molecule has 0 unspecified atom stereocenters. The van der Waals surface area contributed by atoms with E-state index in [2.05, 4.69) is 17.4 Å². The Morgan fingerprint density at radius 2 is 1.61 bits per heavy atom. The number of hydrogen-bond acceptors (Lipinski definition) is 5. The number of carboxylic acid groups (broad SMARTS) is 1. The third kappa shape index (κ3) is 6.09. The van der Waals surface area contributed by atoms with Crippen LogP contribution in [0.3, 0.4) is 0 Å². The topological polar surface area (TPSA) is 116 Å². The lowest BCUT2D eigenvalue weighted by atomic mass is 9.95. The van der Waals surface area contributed by atoms with E-state index in [9.17, 15) is 24.3 Å². The number of alkyl carbamates (subject to hydrolysis) is 1. The molecule has 2 N–H and O–H groups in total. The lowest BCUT2D eigenvalue weighted by Gasteiger charge is -2.37. The molecular formula is C32H41N3O6. The van der Waals surface area contributed by atoms with Crippen molar-refractivity contribution < 1.29 is 29.0 Å². The summed E-state index contributed by atoms with van der Waals surface area (Å²) in [6, 6.07) is 13.5. The van der Waals surface area contributed by atoms with Crippen molar-refractivity contribution in [1.29, 1.82) is 0 Å². The van der Waals surface area contributed by atoms with Crippen LogP contribution in [0.15, 0.2) is 48.5 Å². The number of aliphatic carboxylic acids is 1. The van der Waals surface area contributed by atoms with Crippen LogP contribution < -0.4 is 5.32 Å². The van der Waals surface area contributed by atoms with Gasteiger partial charge < -0.3 is 25.0 Å². The zero-order chi connectivity index (χ0) is 29.8. The van der Waals surface area contributed by atoms with E-state index in [0.29, 0.717) is 25.8 Å². The lowest BCUT2D eigenvalue weighted by molar-refractivity contribution is -0.154. The number of nitrogens with zero attached hydrogens (tertiary/aromatic N) is 2. The summed E-state index contributed by atoms with van der Waals surface area (Å²) >= 11 is 0. The summed E-state index contributed by atoms with van der Waals surface area (Å²) < 4.78 is 5.71. The number of rotatable bonds is 10. The fourth-order valence-electron chi connectivity index (χ4n) is 6.16. The Bertz CT molecular complexity index is 1250. The summed E-state index contributed by atoms with van der Waals surface area (Å²) in [5.74, 6) is -2.44. The molecule has 1 fully saturated rings. The molecule has 2 aromatic carbocycles. The minimum atomic E-state index is -1.04. The zero-order valence-electron chi connectivity index (χ0n) is 24.5. The second-order valence-electron chi connectivity index (χ2n) is 11.5. The summed E-state index contributed by atoms with van der Waals surface area (Å²) in [5, 5.41) is 12.4. The fraction of sp³-hybridized carbons (Fsp3) is 0.500. The molecule has 4 rings (SSSR count). The first-order chi connectivity index (χ1) is 19.6. The highest BCUT2D eigenvalue weighted by molar-refractivity contribution is 5.93. The molecule has 2 aliphatic rings. The highest BCUT2D eigenvalue weighted by atomic mass is 16.5. The van der Waals surface area contributed by atoms with E-state index in [-0.39, 0.29) is 30.3 Å². The monoisotopic (exact) mass is 563 g/mol. The molecule has 9 heteroatoms. The molecule has 1 saturated heterocycles. The summed E-state index contributed by atoms with van der Waals surface area (Å²) in [7, 11) is 1.55. The van der Waals surface area contributed by atoms with Crippen LogP contribution in [0, 0.1) is 11.8 Å². The molecule has 3 amide bonds. The Morgan fingerprint density at radius 3 is 2.15 bits per heavy atom. The van der Waals surface area contributed by atoms with Gasteiger partial charge in [-0.3, -0.25) is 9.59 Å². The molecule has 220 valence electrons. The maximum atomic E-state index is 13.8. The highest BCUT2D eigenvalue weighted by Gasteiger charge is 2.42. The molecule has 0 aromatic heterocycles. The summed E-state index contributed by atoms with van der Waals surface area (Å²) in [4.78, 5) is 54.9. The molecule has 9 nitrogen and oxygen atoms in total. The van der Waals surface area contributed by atoms with Crippen LogP contribution in [-0.2, 0) is 19.1 Å². The van der Waals surface area contributed by atoms with Crippen molar-refractivity contribution in [1.82, 2.24) is 15.1 Å². The predicted octanol–water partition coefficient (Wildman–Crippen LogP) is 4.50. The zero-order valence-corrected chi connectivity index (χ0v) is 24.5. The van der Waals surface area contributed by atoms with Gasteiger partial charge >= 0.3 is 12.1 Å². The maximum Gasteiger partial charge on any atom is 0.407 e. The standard InChI is InChI=1S/C32H41N3O6/c1-6-20(4)27(29(36)34(5)28(19(2)3)30(37)35-17-11-16-26(35)31(38)39)33-32(40)41-18-25-23-14-9-7-12-21(23)22-13-8-10-15-24(22)25/h7-10,12-15,19-20,25-28H,6,11,16-18H2,1-5H3,(H,33,40)(H,38,39)/t20-,26-,27-,28-/m0/s1. The molecule has 0 saturated carbocycles. The van der Waals surface area contributed by atoms with E-state index in [0.717, 1.165) is 22.3 Å². The van der Waals surface area contributed by atoms with Crippen molar-refractivity contribution in [2.45, 2.75) is 71.0 Å². The van der Waals surface area contributed by atoms with Gasteiger partial charge in [0.1, 0.15) is 24.7 Å². The van der Waals surface area contributed by atoms with Crippen molar-refractivity contribution >= 4 is 23.9 Å². The Labute approximate surface area is 241 Å². The first-order valence-corrected chi connectivity index (χ1v) is 14.5. The van der Waals surface area contributed by atoms with Crippen LogP contribution in [0.4, 0.5) is 4.79 Å². The smallest absolute Gasteiger partial charge is 0.407 e. The van der Waals surface area contributed by atoms with Crippen LogP contribution in [0.1, 0.15) is 64.0 Å². The Kier molecular flexibility index (Phi) is 9.35. The van der Waals surface area contributed by atoms with Gasteiger partial charge in [0, 0.05) is 19.5 Å². The number of carbonyl (C=O) groups is 4. The fourth-order valence-corrected chi connectivity index (χ4v) is 6.16. The van der Waals surface area contributed by atoms with Crippen LogP contribution in [-0.4, -0.2) is 77.1 Å². The number of carboxylic acids is 1. The van der Waals surface area contributed by atoms with Crippen LogP contribution in [0.2, 0.25) is 0 Å². The first-order valence-electron chi connectivity index (χ1n) is 14.5. The van der Waals surface area contributed by atoms with E-state index in [1.807, 2.05) is 64.1 Å². The number of fused-ring (bicyclic) bond motifs is 3. The highest BCUT2D eigenvalue weighted by Crippen LogP contribution is 2.44. The molecule has 0 radical (unpaired) electrons. The van der Waals surface area contributed by atoms with Crippen LogP contribution in [0.5, 0.6) is 0 Å². The minimum absolute atomic E-state index is 0.112. The van der Waals surface area contributed by atoms with Gasteiger partial charge in [0.2, 0.25) is 11.8 Å². The molecule has 0 bridgehead atoms. The second kappa shape index (κ2) is 12.7. The third-order valence-corrected chi connectivity index (χ3v) is 8.57. The Balaban J connectivity index is 1.47. The van der Waals surface area contributed by atoms with Crippen LogP contribution >= 0.6 is 0 Å². The number of likely N-dealkylation sites (tertiary alicyclic amines) is 1. The van der Waals surface area contributed by atoms with Gasteiger partial charge in [-0.05, 0) is 46.9 Å². The lowest BCUT2D eigenvalue weighted by Crippen LogP contribution is -2.59. The number of carbonyl (C=O) groups excluding carboxylic acids is 3. The van der Waals surface area contributed by atoms with Crippen molar-refractivity contribution in [2.75, 3.05) is 20.2 Å². The van der Waals surface area contributed by atoms with Gasteiger partial charge in [-0.2, -0.15) is 0 Å². The normalized spacial score (nSPS) is 18.3. The van der Waals surface area contributed by atoms with E-state index < -0.39 is 36.1 Å². The number of hydrogen-bond donors (Lipinski definition) is 2. The van der Waals surface area contributed by atoms with Crippen molar-refractivity contribution in [3.8, 4) is 11.1 Å². The van der Waals surface area contributed by atoms with Gasteiger partial charge in [0.25, 0.3) is 0 Å². The van der Waals surface area contributed by atoms with Crippen molar-refractivity contribution in [3.05, 3.63) is 59.7 Å². The summed E-state index contributed by atoms with van der Waals surface area (Å²) in [6.45, 7) is 7.92. The van der Waals surface area contributed by atoms with E-state index >= 15 is 0 Å². The largest absolute Gasteiger partial charge is 0.480 e. The SMILES string of the molecule is CC[C@H](C)[C@H](NC(=O)OCC1c2ccccc2-c2ccccc21)C(=O)N(C)[C@H](C(=O)N1CCC[C@H]1C(=O)O)C(C)C. The molecule has 4 atom stereocenters. The average molecular weight is 564 g/mol. The molecular weight excluding hydrogens is 522 g/mol.